The molecule has 1 aromatic heterocycles. The van der Waals surface area contributed by atoms with E-state index in [0.29, 0.717) is 43.4 Å². The van der Waals surface area contributed by atoms with Crippen LogP contribution in [0.3, 0.4) is 0 Å². The van der Waals surface area contributed by atoms with Crippen molar-refractivity contribution in [3.63, 3.8) is 0 Å². The molecular weight excluding hydrogens is 458 g/mol. The number of nitrogens with zero attached hydrogens (tertiary/aromatic N) is 5. The molecule has 5 rings (SSSR count). The van der Waals surface area contributed by atoms with Gasteiger partial charge in [0.25, 0.3) is 11.9 Å². The first-order chi connectivity index (χ1) is 17.6. The van der Waals surface area contributed by atoms with Crippen LogP contribution in [0.5, 0.6) is 0 Å². The molecule has 0 bridgehead atoms. The molecule has 0 aliphatic carbocycles. The number of aromatic nitrogens is 1. The molecule has 0 saturated carbocycles. The van der Waals surface area contributed by atoms with Gasteiger partial charge in [-0.05, 0) is 18.2 Å². The molecule has 10 nitrogen and oxygen atoms in total. The maximum absolute atomic E-state index is 13.0. The number of anilines is 2. The number of carbonyl (C=O) groups excluding carboxylic acids is 1. The Morgan fingerprint density at radius 3 is 2.64 bits per heavy atom. The lowest BCUT2D eigenvalue weighted by molar-refractivity contribution is -0.117. The summed E-state index contributed by atoms with van der Waals surface area (Å²) in [6, 6.07) is 20.0. The van der Waals surface area contributed by atoms with Crippen LogP contribution in [-0.4, -0.2) is 61.0 Å². The number of para-hydroxylation sites is 1. The van der Waals surface area contributed by atoms with Crippen molar-refractivity contribution in [2.45, 2.75) is 6.17 Å². The Labute approximate surface area is 208 Å². The van der Waals surface area contributed by atoms with Gasteiger partial charge in [-0.3, -0.25) is 9.78 Å². The Hall–Kier alpha value is -4.57. The molecule has 1 saturated heterocycles. The second-order valence-electron chi connectivity index (χ2n) is 8.10. The van der Waals surface area contributed by atoms with Crippen LogP contribution in [0.2, 0.25) is 0 Å². The lowest BCUT2D eigenvalue weighted by Gasteiger charge is -2.31. The van der Waals surface area contributed by atoms with E-state index in [4.69, 9.17) is 15.2 Å². The molecule has 1 fully saturated rings. The number of fused-ring (bicyclic) bond motifs is 1. The van der Waals surface area contributed by atoms with E-state index in [9.17, 15) is 10.2 Å². The van der Waals surface area contributed by atoms with E-state index in [1.807, 2.05) is 59.5 Å². The highest BCUT2D eigenvalue weighted by atomic mass is 16.5. The highest BCUT2D eigenvalue weighted by Crippen LogP contribution is 2.25. The molecule has 2 aromatic carbocycles. The molecule has 2 aliphatic heterocycles. The molecule has 2 aliphatic rings. The van der Waals surface area contributed by atoms with Gasteiger partial charge in [-0.25, -0.2) is 4.99 Å². The lowest BCUT2D eigenvalue weighted by atomic mass is 10.0. The van der Waals surface area contributed by atoms with E-state index >= 15 is 0 Å². The van der Waals surface area contributed by atoms with Crippen LogP contribution < -0.4 is 16.0 Å². The van der Waals surface area contributed by atoms with Gasteiger partial charge in [0.05, 0.1) is 30.3 Å². The Balaban J connectivity index is 1.43. The molecule has 1 atom stereocenters. The first-order valence-corrected chi connectivity index (χ1v) is 11.5. The molecule has 3 aromatic rings. The monoisotopic (exact) mass is 482 g/mol. The molecular formula is C26H24N7O3-. The van der Waals surface area contributed by atoms with Gasteiger partial charge in [-0.2, -0.15) is 4.99 Å². The number of amides is 1. The zero-order chi connectivity index (χ0) is 24.9. The minimum atomic E-state index is -1.23. The SMILES string of the molecule is [N-]=C(O/C(N)=N/C1N=C(c2ccccc2)c2ccccc2NC1=O)c1ncccc1N1CCOCC1. The van der Waals surface area contributed by atoms with E-state index in [2.05, 4.69) is 20.3 Å². The van der Waals surface area contributed by atoms with Gasteiger partial charge >= 0.3 is 0 Å². The maximum atomic E-state index is 13.0. The highest BCUT2D eigenvalue weighted by molar-refractivity contribution is 6.19. The quantitative estimate of drug-likeness (QED) is 0.433. The number of rotatable bonds is 4. The molecule has 10 heteroatoms. The van der Waals surface area contributed by atoms with Gasteiger partial charge in [0, 0.05) is 36.3 Å². The average molecular weight is 483 g/mol. The van der Waals surface area contributed by atoms with Gasteiger partial charge in [-0.1, -0.05) is 48.5 Å². The predicted octanol–water partition coefficient (Wildman–Crippen LogP) is 2.38. The summed E-state index contributed by atoms with van der Waals surface area (Å²) in [6.07, 6.45) is 0.307. The number of ether oxygens (including phenoxy) is 2. The van der Waals surface area contributed by atoms with Gasteiger partial charge < -0.3 is 30.8 Å². The number of carbonyl (C=O) groups is 1. The largest absolute Gasteiger partial charge is 0.769 e. The Bertz CT molecular complexity index is 1330. The fraction of sp³-hybridized carbons (Fsp3) is 0.192. The van der Waals surface area contributed by atoms with E-state index in [1.165, 1.54) is 0 Å². The Kier molecular flexibility index (Phi) is 6.67. The summed E-state index contributed by atoms with van der Waals surface area (Å²) in [7, 11) is 0. The number of aliphatic imine (C=N–C) groups is 2. The van der Waals surface area contributed by atoms with E-state index in [1.54, 1.807) is 18.3 Å². The van der Waals surface area contributed by atoms with Crippen LogP contribution in [0.1, 0.15) is 16.8 Å². The number of benzodiazepines with no additional fused rings is 1. The van der Waals surface area contributed by atoms with Crippen molar-refractivity contribution in [3.8, 4) is 0 Å². The van der Waals surface area contributed by atoms with Crippen molar-refractivity contribution in [1.82, 2.24) is 4.98 Å². The molecule has 182 valence electrons. The molecule has 36 heavy (non-hydrogen) atoms. The zero-order valence-corrected chi connectivity index (χ0v) is 19.4. The number of nitrogens with two attached hydrogens (primary N) is 1. The Morgan fingerprint density at radius 1 is 1.08 bits per heavy atom. The minimum absolute atomic E-state index is 0.212. The number of amidine groups is 1. The maximum Gasteiger partial charge on any atom is 0.288 e. The zero-order valence-electron chi connectivity index (χ0n) is 19.4. The third kappa shape index (κ3) is 4.93. The average Bonchev–Trinajstić information content (AvgIpc) is 3.05. The van der Waals surface area contributed by atoms with Crippen molar-refractivity contribution in [2.75, 3.05) is 36.5 Å². The summed E-state index contributed by atoms with van der Waals surface area (Å²) in [6.45, 7) is 2.44. The molecule has 1 unspecified atom stereocenters. The third-order valence-corrected chi connectivity index (χ3v) is 5.76. The molecule has 0 radical (unpaired) electrons. The minimum Gasteiger partial charge on any atom is -0.769 e. The number of hydrogen-bond donors (Lipinski definition) is 2. The van der Waals surface area contributed by atoms with E-state index in [0.717, 1.165) is 11.1 Å². The molecule has 3 N–H and O–H groups in total. The second kappa shape index (κ2) is 10.4. The van der Waals surface area contributed by atoms with Gasteiger partial charge in [0.2, 0.25) is 6.17 Å². The number of morpholine rings is 1. The molecule has 3 heterocycles. The van der Waals surface area contributed by atoms with Crippen LogP contribution in [0.25, 0.3) is 5.41 Å². The van der Waals surface area contributed by atoms with Crippen LogP contribution in [0, 0.1) is 0 Å². The fourth-order valence-electron chi connectivity index (χ4n) is 4.08. The lowest BCUT2D eigenvalue weighted by Crippen LogP contribution is -2.37. The van der Waals surface area contributed by atoms with Crippen molar-refractivity contribution in [1.29, 1.82) is 0 Å². The first-order valence-electron chi connectivity index (χ1n) is 11.5. The molecule has 0 spiro atoms. The number of hydrogen-bond acceptors (Lipinski definition) is 7. The summed E-state index contributed by atoms with van der Waals surface area (Å²) >= 11 is 0. The fourth-order valence-corrected chi connectivity index (χ4v) is 4.08. The number of benzene rings is 2. The second-order valence-corrected chi connectivity index (χ2v) is 8.10. The summed E-state index contributed by atoms with van der Waals surface area (Å²) in [5, 5.41) is 13.5. The standard InChI is InChI=1S/C26H24N7O3/c27-23(22-20(11-6-12-29-22)33-13-15-35-16-14-33)36-26(28)32-24-25(34)30-19-10-5-4-9-18(19)21(31-24)17-7-2-1-3-8-17/h1-12,24H,13-16H2,(H2,28,32)(H,30,34)/q-1. The highest BCUT2D eigenvalue weighted by Gasteiger charge is 2.26. The normalized spacial score (nSPS) is 17.9. The summed E-state index contributed by atoms with van der Waals surface area (Å²) < 4.78 is 10.8. The smallest absolute Gasteiger partial charge is 0.288 e. The summed E-state index contributed by atoms with van der Waals surface area (Å²) in [5.74, 6) is -1.01. The van der Waals surface area contributed by atoms with Crippen LogP contribution in [0.4, 0.5) is 11.4 Å². The van der Waals surface area contributed by atoms with Crippen LogP contribution in [-0.2, 0) is 14.3 Å². The summed E-state index contributed by atoms with van der Waals surface area (Å²) in [4.78, 5) is 28.0. The Morgan fingerprint density at radius 2 is 1.83 bits per heavy atom. The van der Waals surface area contributed by atoms with Crippen molar-refractivity contribution in [2.24, 2.45) is 15.7 Å². The first kappa shape index (κ1) is 23.2. The van der Waals surface area contributed by atoms with Crippen LogP contribution >= 0.6 is 0 Å². The van der Waals surface area contributed by atoms with Gasteiger partial charge in [0.1, 0.15) is 5.69 Å². The summed E-state index contributed by atoms with van der Waals surface area (Å²) in [5.41, 5.74) is 9.67. The van der Waals surface area contributed by atoms with Crippen molar-refractivity contribution in [3.05, 3.63) is 95.2 Å². The van der Waals surface area contributed by atoms with Crippen LogP contribution in [0.15, 0.2) is 82.9 Å². The number of pyridine rings is 1. The van der Waals surface area contributed by atoms with Gasteiger partial charge in [0.15, 0.2) is 0 Å². The van der Waals surface area contributed by atoms with Gasteiger partial charge in [-0.15, -0.1) is 0 Å². The molecule has 1 amide bonds. The topological polar surface area (TPSA) is 137 Å². The predicted molar refractivity (Wildman–Crippen MR) is 138 cm³/mol. The van der Waals surface area contributed by atoms with E-state index in [-0.39, 0.29) is 5.69 Å². The van der Waals surface area contributed by atoms with Crippen molar-refractivity contribution < 1.29 is 14.3 Å². The van der Waals surface area contributed by atoms with E-state index < -0.39 is 24.0 Å². The third-order valence-electron chi connectivity index (χ3n) is 5.76. The number of nitrogens with one attached hydrogen (secondary N) is 1. The van der Waals surface area contributed by atoms with Crippen molar-refractivity contribution >= 4 is 34.9 Å².